The Morgan fingerprint density at radius 1 is 0.762 bits per heavy atom. The van der Waals surface area contributed by atoms with E-state index in [9.17, 15) is 9.59 Å². The molecule has 0 saturated carbocycles. The van der Waals surface area contributed by atoms with Crippen LogP contribution in [0, 0.1) is 0 Å². The van der Waals surface area contributed by atoms with Crippen molar-refractivity contribution in [3.63, 3.8) is 0 Å². The number of nitrogens with zero attached hydrogens (tertiary/aromatic N) is 7. The van der Waals surface area contributed by atoms with E-state index in [1.165, 1.54) is 4.90 Å². The Labute approximate surface area is 249 Å². The molecule has 13 heteroatoms. The molecule has 42 heavy (non-hydrogen) atoms. The van der Waals surface area contributed by atoms with E-state index in [1.807, 2.05) is 66.6 Å². The summed E-state index contributed by atoms with van der Waals surface area (Å²) in [6.45, 7) is 4.86. The molecule has 0 spiro atoms. The summed E-state index contributed by atoms with van der Waals surface area (Å²) in [7, 11) is 12.2. The standard InChI is InChI=1S/C29H47N11O2/c1-37(2)17-7-14-30-26(42)22-20-25(41)40(21-22)24-12-10-23(11-13-24)33-29-35-27(31-15-8-18-38(3)4)34-28(36-29)32-16-9-19-39(5)6/h10-13,21H,7-9,14-20H2,1-6H3,(H,30,42)(H3,31,32,33,34,35,36). The highest BCUT2D eigenvalue weighted by molar-refractivity contribution is 6.09. The van der Waals surface area contributed by atoms with Crippen LogP contribution < -0.4 is 26.2 Å². The molecule has 2 amide bonds. The SMILES string of the molecule is CN(C)CCCNC(=O)C1=CN(c2ccc(Nc3nc(NCCCN(C)C)nc(NCCCN(C)C)n3)cc2)C(=O)C1. The minimum atomic E-state index is -0.199. The van der Waals surface area contributed by atoms with Crippen molar-refractivity contribution >= 4 is 41.0 Å². The molecular formula is C29H47N11O2. The second-order valence-electron chi connectivity index (χ2n) is 11.2. The molecule has 1 aromatic heterocycles. The van der Waals surface area contributed by atoms with Gasteiger partial charge in [-0.05, 0) is 105 Å². The first kappa shape index (κ1) is 32.7. The molecule has 13 nitrogen and oxygen atoms in total. The quantitative estimate of drug-likeness (QED) is 0.193. The van der Waals surface area contributed by atoms with E-state index >= 15 is 0 Å². The van der Waals surface area contributed by atoms with Gasteiger partial charge in [0.15, 0.2) is 0 Å². The molecule has 0 atom stereocenters. The predicted octanol–water partition coefficient (Wildman–Crippen LogP) is 2.03. The zero-order valence-electron chi connectivity index (χ0n) is 25.9. The largest absolute Gasteiger partial charge is 0.354 e. The second kappa shape index (κ2) is 16.6. The fourth-order valence-corrected chi connectivity index (χ4v) is 4.21. The van der Waals surface area contributed by atoms with Gasteiger partial charge in [0.05, 0.1) is 6.42 Å². The maximum absolute atomic E-state index is 12.7. The number of hydrogen-bond donors (Lipinski definition) is 4. The van der Waals surface area contributed by atoms with Crippen molar-refractivity contribution in [1.82, 2.24) is 35.0 Å². The first-order chi connectivity index (χ1) is 20.1. The van der Waals surface area contributed by atoms with Crippen molar-refractivity contribution in [3.05, 3.63) is 36.0 Å². The number of nitrogens with one attached hydrogen (secondary N) is 4. The summed E-state index contributed by atoms with van der Waals surface area (Å²) in [4.78, 5) is 46.7. The zero-order valence-corrected chi connectivity index (χ0v) is 25.9. The molecule has 0 fully saturated rings. The molecule has 4 N–H and O–H groups in total. The van der Waals surface area contributed by atoms with E-state index in [0.29, 0.717) is 35.7 Å². The minimum Gasteiger partial charge on any atom is -0.354 e. The third kappa shape index (κ3) is 11.2. The van der Waals surface area contributed by atoms with Crippen LogP contribution in [0.3, 0.4) is 0 Å². The molecule has 230 valence electrons. The minimum absolute atomic E-state index is 0.0824. The van der Waals surface area contributed by atoms with Gasteiger partial charge in [-0.15, -0.1) is 0 Å². The first-order valence-electron chi connectivity index (χ1n) is 14.5. The average molecular weight is 582 g/mol. The lowest BCUT2D eigenvalue weighted by molar-refractivity contribution is -0.120. The van der Waals surface area contributed by atoms with Crippen molar-refractivity contribution < 1.29 is 9.59 Å². The van der Waals surface area contributed by atoms with Gasteiger partial charge in [-0.3, -0.25) is 14.5 Å². The Balaban J connectivity index is 1.64. The van der Waals surface area contributed by atoms with Gasteiger partial charge in [-0.25, -0.2) is 0 Å². The topological polar surface area (TPSA) is 134 Å². The molecule has 2 heterocycles. The summed E-state index contributed by atoms with van der Waals surface area (Å²) in [6, 6.07) is 7.37. The number of rotatable bonds is 18. The summed E-state index contributed by atoms with van der Waals surface area (Å²) in [5.41, 5.74) is 1.91. The van der Waals surface area contributed by atoms with E-state index in [1.54, 1.807) is 6.20 Å². The number of hydrogen-bond acceptors (Lipinski definition) is 11. The van der Waals surface area contributed by atoms with Crippen molar-refractivity contribution in [2.24, 2.45) is 0 Å². The predicted molar refractivity (Wildman–Crippen MR) is 169 cm³/mol. The molecular weight excluding hydrogens is 534 g/mol. The summed E-state index contributed by atoms with van der Waals surface area (Å²) in [6.07, 6.45) is 4.47. The Morgan fingerprint density at radius 2 is 1.26 bits per heavy atom. The number of amides is 2. The highest BCUT2D eigenvalue weighted by Gasteiger charge is 2.27. The van der Waals surface area contributed by atoms with Crippen LogP contribution in [0.4, 0.5) is 29.2 Å². The lowest BCUT2D eigenvalue weighted by Gasteiger charge is -2.15. The summed E-state index contributed by atoms with van der Waals surface area (Å²) >= 11 is 0. The average Bonchev–Trinajstić information content (AvgIpc) is 3.33. The van der Waals surface area contributed by atoms with Crippen LogP contribution in [-0.2, 0) is 9.59 Å². The van der Waals surface area contributed by atoms with E-state index in [-0.39, 0.29) is 18.2 Å². The number of carbonyl (C=O) groups excluding carboxylic acids is 2. The van der Waals surface area contributed by atoms with Gasteiger partial charge in [0.2, 0.25) is 29.7 Å². The lowest BCUT2D eigenvalue weighted by Crippen LogP contribution is -2.28. The Kier molecular flexibility index (Phi) is 12.9. The van der Waals surface area contributed by atoms with E-state index in [2.05, 4.69) is 50.9 Å². The zero-order chi connectivity index (χ0) is 30.5. The summed E-state index contributed by atoms with van der Waals surface area (Å²) in [5, 5.41) is 12.7. The normalized spacial score (nSPS) is 13.2. The maximum atomic E-state index is 12.7. The molecule has 0 saturated heterocycles. The highest BCUT2D eigenvalue weighted by Crippen LogP contribution is 2.26. The molecule has 0 radical (unpaired) electrons. The summed E-state index contributed by atoms with van der Waals surface area (Å²) < 4.78 is 0. The van der Waals surface area contributed by atoms with Crippen LogP contribution in [0.2, 0.25) is 0 Å². The summed E-state index contributed by atoms with van der Waals surface area (Å²) in [5.74, 6) is 1.07. The fourth-order valence-electron chi connectivity index (χ4n) is 4.21. The number of carbonyl (C=O) groups is 2. The molecule has 1 aromatic carbocycles. The maximum Gasteiger partial charge on any atom is 0.249 e. The van der Waals surface area contributed by atoms with Gasteiger partial charge in [0.1, 0.15) is 0 Å². The Morgan fingerprint density at radius 3 is 1.79 bits per heavy atom. The van der Waals surface area contributed by atoms with E-state index < -0.39 is 0 Å². The van der Waals surface area contributed by atoms with Crippen LogP contribution in [-0.4, -0.2) is 123 Å². The van der Waals surface area contributed by atoms with Crippen molar-refractivity contribution in [2.75, 3.05) is 102 Å². The third-order valence-electron chi connectivity index (χ3n) is 6.42. The Hall–Kier alpha value is -3.81. The molecule has 1 aliphatic heterocycles. The Bertz CT molecular complexity index is 1150. The molecule has 2 aromatic rings. The van der Waals surface area contributed by atoms with Crippen molar-refractivity contribution in [3.8, 4) is 0 Å². The van der Waals surface area contributed by atoms with Crippen LogP contribution >= 0.6 is 0 Å². The molecule has 0 aliphatic carbocycles. The number of anilines is 5. The molecule has 0 bridgehead atoms. The van der Waals surface area contributed by atoms with Crippen molar-refractivity contribution in [1.29, 1.82) is 0 Å². The number of aromatic nitrogens is 3. The van der Waals surface area contributed by atoms with Gasteiger partial charge in [0, 0.05) is 42.8 Å². The van der Waals surface area contributed by atoms with Gasteiger partial charge < -0.3 is 36.0 Å². The van der Waals surface area contributed by atoms with Crippen LogP contribution in [0.1, 0.15) is 25.7 Å². The first-order valence-corrected chi connectivity index (χ1v) is 14.5. The van der Waals surface area contributed by atoms with Crippen molar-refractivity contribution in [2.45, 2.75) is 25.7 Å². The van der Waals surface area contributed by atoms with Gasteiger partial charge >= 0.3 is 0 Å². The van der Waals surface area contributed by atoms with Gasteiger partial charge in [0.25, 0.3) is 0 Å². The highest BCUT2D eigenvalue weighted by atomic mass is 16.2. The lowest BCUT2D eigenvalue weighted by atomic mass is 10.2. The molecule has 1 aliphatic rings. The number of benzene rings is 1. The van der Waals surface area contributed by atoms with Gasteiger partial charge in [-0.2, -0.15) is 15.0 Å². The van der Waals surface area contributed by atoms with E-state index in [0.717, 1.165) is 57.7 Å². The van der Waals surface area contributed by atoms with Gasteiger partial charge in [-0.1, -0.05) is 0 Å². The smallest absolute Gasteiger partial charge is 0.249 e. The monoisotopic (exact) mass is 581 g/mol. The molecule has 3 rings (SSSR count). The third-order valence-corrected chi connectivity index (χ3v) is 6.42. The van der Waals surface area contributed by atoms with E-state index in [4.69, 9.17) is 0 Å². The fraction of sp³-hybridized carbons (Fsp3) is 0.552. The van der Waals surface area contributed by atoms with Crippen LogP contribution in [0.15, 0.2) is 36.0 Å². The van der Waals surface area contributed by atoms with Crippen LogP contribution in [0.25, 0.3) is 0 Å². The van der Waals surface area contributed by atoms with Crippen LogP contribution in [0.5, 0.6) is 0 Å². The second-order valence-corrected chi connectivity index (χ2v) is 11.2. The molecule has 0 unspecified atom stereocenters.